The molecule has 0 spiro atoms. The van der Waals surface area contributed by atoms with E-state index < -0.39 is 0 Å². The number of benzene rings is 2. The van der Waals surface area contributed by atoms with E-state index in [-0.39, 0.29) is 6.03 Å². The van der Waals surface area contributed by atoms with Crippen LogP contribution in [0.25, 0.3) is 10.9 Å². The van der Waals surface area contributed by atoms with Crippen LogP contribution in [-0.2, 0) is 6.42 Å². The van der Waals surface area contributed by atoms with Gasteiger partial charge in [0.1, 0.15) is 0 Å². The van der Waals surface area contributed by atoms with E-state index in [4.69, 9.17) is 0 Å². The van der Waals surface area contributed by atoms with Crippen molar-refractivity contribution in [3.8, 4) is 0 Å². The highest BCUT2D eigenvalue weighted by Gasteiger charge is 2.25. The molecule has 1 aromatic heterocycles. The molecule has 1 aliphatic rings. The Kier molecular flexibility index (Phi) is 5.14. The summed E-state index contributed by atoms with van der Waals surface area (Å²) in [7, 11) is 0. The number of rotatable bonds is 4. The molecule has 2 heterocycles. The zero-order valence-electron chi connectivity index (χ0n) is 15.9. The lowest BCUT2D eigenvalue weighted by molar-refractivity contribution is 0.181. The molecule has 1 saturated heterocycles. The number of H-pyrrole nitrogens is 1. The van der Waals surface area contributed by atoms with E-state index in [2.05, 4.69) is 72.0 Å². The van der Waals surface area contributed by atoms with E-state index in [0.29, 0.717) is 12.5 Å². The fourth-order valence-electron chi connectivity index (χ4n) is 4.12. The van der Waals surface area contributed by atoms with Crippen LogP contribution in [0, 0.1) is 6.92 Å². The minimum atomic E-state index is 0.0695. The normalized spacial score (nSPS) is 15.2. The Balaban J connectivity index is 1.28. The van der Waals surface area contributed by atoms with Crippen molar-refractivity contribution in [3.63, 3.8) is 0 Å². The van der Waals surface area contributed by atoms with Gasteiger partial charge in [0, 0.05) is 36.7 Å². The fraction of sp³-hybridized carbons (Fsp3) is 0.348. The summed E-state index contributed by atoms with van der Waals surface area (Å²) in [5.74, 6) is 0.525. The van der Waals surface area contributed by atoms with Gasteiger partial charge in [-0.25, -0.2) is 4.79 Å². The molecule has 2 N–H and O–H groups in total. The predicted molar refractivity (Wildman–Crippen MR) is 110 cm³/mol. The van der Waals surface area contributed by atoms with Gasteiger partial charge in [-0.05, 0) is 49.3 Å². The number of hydrogen-bond donors (Lipinski definition) is 2. The van der Waals surface area contributed by atoms with Gasteiger partial charge in [-0.1, -0.05) is 48.0 Å². The highest BCUT2D eigenvalue weighted by Crippen LogP contribution is 2.33. The zero-order valence-corrected chi connectivity index (χ0v) is 15.9. The number of nitrogens with zero attached hydrogens (tertiary/aromatic N) is 1. The number of aromatic amines is 1. The van der Waals surface area contributed by atoms with Crippen LogP contribution in [0.4, 0.5) is 4.79 Å². The largest absolute Gasteiger partial charge is 0.361 e. The summed E-state index contributed by atoms with van der Waals surface area (Å²) in [5.41, 5.74) is 5.13. The summed E-state index contributed by atoms with van der Waals surface area (Å²) in [6.45, 7) is 4.42. The van der Waals surface area contributed by atoms with Gasteiger partial charge in [0.25, 0.3) is 0 Å². The van der Waals surface area contributed by atoms with Crippen LogP contribution in [-0.4, -0.2) is 35.5 Å². The number of aromatic nitrogens is 1. The van der Waals surface area contributed by atoms with Crippen molar-refractivity contribution in [2.24, 2.45) is 0 Å². The average Bonchev–Trinajstić information content (AvgIpc) is 3.12. The molecular formula is C23H27N3O. The Labute approximate surface area is 160 Å². The first kappa shape index (κ1) is 17.7. The molecule has 2 aromatic carbocycles. The molecule has 27 heavy (non-hydrogen) atoms. The van der Waals surface area contributed by atoms with Gasteiger partial charge in [0.15, 0.2) is 0 Å². The Hall–Kier alpha value is -2.75. The molecule has 0 bridgehead atoms. The van der Waals surface area contributed by atoms with Crippen molar-refractivity contribution in [1.82, 2.24) is 15.2 Å². The van der Waals surface area contributed by atoms with Crippen LogP contribution in [0.2, 0.25) is 0 Å². The van der Waals surface area contributed by atoms with Crippen molar-refractivity contribution in [3.05, 3.63) is 71.4 Å². The number of piperidine rings is 1. The molecule has 2 amide bonds. The van der Waals surface area contributed by atoms with Crippen LogP contribution < -0.4 is 5.32 Å². The Bertz CT molecular complexity index is 922. The summed E-state index contributed by atoms with van der Waals surface area (Å²) < 4.78 is 0. The van der Waals surface area contributed by atoms with E-state index in [1.807, 2.05) is 4.90 Å². The second-order valence-corrected chi connectivity index (χ2v) is 7.52. The Morgan fingerprint density at radius 2 is 1.96 bits per heavy atom. The maximum Gasteiger partial charge on any atom is 0.317 e. The molecule has 4 nitrogen and oxygen atoms in total. The third kappa shape index (κ3) is 4.00. The van der Waals surface area contributed by atoms with Crippen LogP contribution in [0.3, 0.4) is 0 Å². The predicted octanol–water partition coefficient (Wildman–Crippen LogP) is 4.61. The Morgan fingerprint density at radius 1 is 1.15 bits per heavy atom. The maximum absolute atomic E-state index is 12.5. The highest BCUT2D eigenvalue weighted by atomic mass is 16.2. The lowest BCUT2D eigenvalue weighted by atomic mass is 9.89. The Morgan fingerprint density at radius 3 is 2.78 bits per heavy atom. The van der Waals surface area contributed by atoms with Crippen molar-refractivity contribution >= 4 is 16.9 Å². The number of carbonyl (C=O) groups excluding carboxylic acids is 1. The van der Waals surface area contributed by atoms with E-state index in [9.17, 15) is 4.79 Å². The summed E-state index contributed by atoms with van der Waals surface area (Å²) in [5, 5.41) is 4.40. The number of hydrogen-bond acceptors (Lipinski definition) is 1. The lowest BCUT2D eigenvalue weighted by Gasteiger charge is -2.32. The van der Waals surface area contributed by atoms with E-state index in [1.54, 1.807) is 0 Å². The van der Waals surface area contributed by atoms with Gasteiger partial charge in [-0.3, -0.25) is 0 Å². The van der Waals surface area contributed by atoms with Crippen LogP contribution >= 0.6 is 0 Å². The number of aryl methyl sites for hydroxylation is 1. The molecular weight excluding hydrogens is 334 g/mol. The quantitative estimate of drug-likeness (QED) is 0.700. The summed E-state index contributed by atoms with van der Waals surface area (Å²) in [6.07, 6.45) is 5.06. The first-order valence-electron chi connectivity index (χ1n) is 9.85. The maximum atomic E-state index is 12.5. The smallest absolute Gasteiger partial charge is 0.317 e. The molecule has 0 radical (unpaired) electrons. The van der Waals surface area contributed by atoms with Gasteiger partial charge in [-0.15, -0.1) is 0 Å². The molecule has 4 heteroatoms. The van der Waals surface area contributed by atoms with Crippen molar-refractivity contribution in [2.75, 3.05) is 19.6 Å². The number of amides is 2. The third-order valence-corrected chi connectivity index (χ3v) is 5.62. The van der Waals surface area contributed by atoms with E-state index >= 15 is 0 Å². The van der Waals surface area contributed by atoms with E-state index in [0.717, 1.165) is 32.4 Å². The lowest BCUT2D eigenvalue weighted by Crippen LogP contribution is -2.44. The van der Waals surface area contributed by atoms with Crippen LogP contribution in [0.15, 0.2) is 54.7 Å². The number of carbonyl (C=O) groups is 1. The molecule has 1 aliphatic heterocycles. The minimum Gasteiger partial charge on any atom is -0.361 e. The number of para-hydroxylation sites is 1. The SMILES string of the molecule is Cc1cccc(CCNC(=O)N2CCC(c3c[nH]c4ccccc34)CC2)c1. The highest BCUT2D eigenvalue weighted by molar-refractivity contribution is 5.83. The fourth-order valence-corrected chi connectivity index (χ4v) is 4.12. The molecule has 0 saturated carbocycles. The van der Waals surface area contributed by atoms with Gasteiger partial charge in [0.2, 0.25) is 0 Å². The van der Waals surface area contributed by atoms with Crippen LogP contribution in [0.1, 0.15) is 35.4 Å². The molecule has 1 fully saturated rings. The molecule has 4 rings (SSSR count). The van der Waals surface area contributed by atoms with Gasteiger partial charge < -0.3 is 15.2 Å². The first-order valence-corrected chi connectivity index (χ1v) is 9.85. The standard InChI is InChI=1S/C23H27N3O/c1-17-5-4-6-18(15-17)9-12-24-23(27)26-13-10-19(11-14-26)21-16-25-22-8-3-2-7-20(21)22/h2-8,15-16,19,25H,9-14H2,1H3,(H,24,27). The van der Waals surface area contributed by atoms with Gasteiger partial charge in [-0.2, -0.15) is 0 Å². The number of fused-ring (bicyclic) bond motifs is 1. The summed E-state index contributed by atoms with van der Waals surface area (Å²) >= 11 is 0. The second kappa shape index (κ2) is 7.87. The topological polar surface area (TPSA) is 48.1 Å². The molecule has 0 atom stereocenters. The van der Waals surface area contributed by atoms with Crippen molar-refractivity contribution in [2.45, 2.75) is 32.1 Å². The summed E-state index contributed by atoms with van der Waals surface area (Å²) in [4.78, 5) is 17.8. The third-order valence-electron chi connectivity index (χ3n) is 5.62. The average molecular weight is 361 g/mol. The molecule has 0 unspecified atom stereocenters. The second-order valence-electron chi connectivity index (χ2n) is 7.52. The number of likely N-dealkylation sites (tertiary alicyclic amines) is 1. The van der Waals surface area contributed by atoms with Crippen molar-refractivity contribution < 1.29 is 4.79 Å². The minimum absolute atomic E-state index is 0.0695. The van der Waals surface area contributed by atoms with Crippen molar-refractivity contribution in [1.29, 1.82) is 0 Å². The number of urea groups is 1. The first-order chi connectivity index (χ1) is 13.2. The van der Waals surface area contributed by atoms with E-state index in [1.165, 1.54) is 27.6 Å². The monoisotopic (exact) mass is 361 g/mol. The van der Waals surface area contributed by atoms with Gasteiger partial charge >= 0.3 is 6.03 Å². The zero-order chi connectivity index (χ0) is 18.6. The number of nitrogens with one attached hydrogen (secondary N) is 2. The molecule has 0 aliphatic carbocycles. The molecule has 140 valence electrons. The summed E-state index contributed by atoms with van der Waals surface area (Å²) in [6, 6.07) is 17.0. The van der Waals surface area contributed by atoms with Crippen LogP contribution in [0.5, 0.6) is 0 Å². The van der Waals surface area contributed by atoms with Gasteiger partial charge in [0.05, 0.1) is 0 Å². The molecule has 3 aromatic rings.